The first-order valence-corrected chi connectivity index (χ1v) is 11.2. The molecule has 1 heterocycles. The lowest BCUT2D eigenvalue weighted by molar-refractivity contribution is -0.274. The number of nitrogens with zero attached hydrogens (tertiary/aromatic N) is 2. The number of alkyl halides is 3. The van der Waals surface area contributed by atoms with Crippen molar-refractivity contribution >= 4 is 28.3 Å². The molecule has 0 aliphatic carbocycles. The van der Waals surface area contributed by atoms with Gasteiger partial charge in [0, 0.05) is 32.1 Å². The molecule has 0 N–H and O–H groups in total. The van der Waals surface area contributed by atoms with Crippen LogP contribution in [-0.4, -0.2) is 36.8 Å². The fourth-order valence-corrected chi connectivity index (χ4v) is 3.86. The van der Waals surface area contributed by atoms with E-state index in [4.69, 9.17) is 4.74 Å². The Morgan fingerprint density at radius 3 is 2.39 bits per heavy atom. The van der Waals surface area contributed by atoms with Crippen molar-refractivity contribution in [3.8, 4) is 28.4 Å². The molecule has 0 saturated heterocycles. The summed E-state index contributed by atoms with van der Waals surface area (Å²) in [5.41, 5.74) is 2.66. The van der Waals surface area contributed by atoms with E-state index in [1.165, 1.54) is 18.0 Å². The maximum Gasteiger partial charge on any atom is 0.573 e. The number of hydrogen-bond donors (Lipinski definition) is 0. The van der Waals surface area contributed by atoms with Crippen molar-refractivity contribution in [1.82, 2.24) is 0 Å². The zero-order valence-corrected chi connectivity index (χ0v) is 18.7. The summed E-state index contributed by atoms with van der Waals surface area (Å²) < 4.78 is 61.1. The summed E-state index contributed by atoms with van der Waals surface area (Å²) in [7, 11) is 1.97. The molecule has 0 spiro atoms. The van der Waals surface area contributed by atoms with Crippen LogP contribution in [0.15, 0.2) is 60.7 Å². The summed E-state index contributed by atoms with van der Waals surface area (Å²) in [6, 6.07) is 16.0. The molecular weight excluding hydrogens is 457 g/mol. The number of fused-ring (bicyclic) bond motifs is 2. The highest BCUT2D eigenvalue weighted by molar-refractivity contribution is 7.85. The number of carbonyl (C=O) groups excluding carboxylic acids is 1. The number of halogens is 3. The summed E-state index contributed by atoms with van der Waals surface area (Å²) in [6.07, 6.45) is -3.28. The summed E-state index contributed by atoms with van der Waals surface area (Å²) in [5.74, 6) is -0.397. The summed E-state index contributed by atoms with van der Waals surface area (Å²) in [5, 5.41) is 0. The van der Waals surface area contributed by atoms with Gasteiger partial charge in [-0.05, 0) is 47.5 Å². The molecule has 1 atom stereocenters. The van der Waals surface area contributed by atoms with Gasteiger partial charge in [0.1, 0.15) is 22.5 Å². The minimum Gasteiger partial charge on any atom is -0.454 e. The molecule has 0 fully saturated rings. The van der Waals surface area contributed by atoms with E-state index >= 15 is 0 Å². The van der Waals surface area contributed by atoms with Gasteiger partial charge in [-0.1, -0.05) is 18.2 Å². The summed E-state index contributed by atoms with van der Waals surface area (Å²) in [4.78, 5) is 14.4. The number of benzene rings is 3. The molecule has 1 amide bonds. The molecule has 33 heavy (non-hydrogen) atoms. The van der Waals surface area contributed by atoms with Crippen molar-refractivity contribution in [1.29, 1.82) is 0 Å². The van der Waals surface area contributed by atoms with Crippen LogP contribution in [0.5, 0.6) is 17.2 Å². The lowest BCUT2D eigenvalue weighted by Crippen LogP contribution is -2.25. The lowest BCUT2D eigenvalue weighted by Gasteiger charge is -2.18. The zero-order valence-electron chi connectivity index (χ0n) is 17.8. The number of rotatable bonds is 4. The van der Waals surface area contributed by atoms with Crippen molar-refractivity contribution in [3.05, 3.63) is 66.2 Å². The van der Waals surface area contributed by atoms with Gasteiger partial charge in [0.05, 0.1) is 11.3 Å². The Kier molecular flexibility index (Phi) is 5.79. The number of hydrogen-bond acceptors (Lipinski definition) is 4. The van der Waals surface area contributed by atoms with E-state index in [1.807, 2.05) is 24.3 Å². The maximum atomic E-state index is 13.2. The Morgan fingerprint density at radius 2 is 1.70 bits per heavy atom. The van der Waals surface area contributed by atoms with Gasteiger partial charge in [-0.2, -0.15) is 0 Å². The van der Waals surface area contributed by atoms with E-state index in [2.05, 4.69) is 4.74 Å². The first-order valence-electron chi connectivity index (χ1n) is 9.71. The third-order valence-electron chi connectivity index (χ3n) is 5.19. The van der Waals surface area contributed by atoms with E-state index < -0.39 is 29.0 Å². The fraction of sp³-hybridized carbons (Fsp3) is 0.174. The van der Waals surface area contributed by atoms with Crippen molar-refractivity contribution in [3.63, 3.8) is 0 Å². The average Bonchev–Trinajstić information content (AvgIpc) is 2.87. The molecule has 6 nitrogen and oxygen atoms in total. The third-order valence-corrected chi connectivity index (χ3v) is 6.17. The second-order valence-electron chi connectivity index (χ2n) is 7.33. The van der Waals surface area contributed by atoms with Gasteiger partial charge in [0.2, 0.25) is 0 Å². The Bertz CT molecular complexity index is 1260. The Hall–Kier alpha value is -3.53. The van der Waals surface area contributed by atoms with Crippen LogP contribution >= 0.6 is 0 Å². The molecule has 0 bridgehead atoms. The zero-order chi connectivity index (χ0) is 23.9. The third kappa shape index (κ3) is 4.65. The second-order valence-corrected chi connectivity index (χ2v) is 8.72. The molecule has 3 aromatic carbocycles. The lowest BCUT2D eigenvalue weighted by atomic mass is 10.0. The van der Waals surface area contributed by atoms with Gasteiger partial charge >= 0.3 is 6.36 Å². The van der Waals surface area contributed by atoms with Gasteiger partial charge in [0.15, 0.2) is 5.75 Å². The van der Waals surface area contributed by atoms with Gasteiger partial charge in [-0.25, -0.2) is 4.21 Å². The average molecular weight is 476 g/mol. The molecule has 1 aliphatic rings. The minimum absolute atomic E-state index is 0.147. The molecule has 1 unspecified atom stereocenters. The molecule has 0 aromatic heterocycles. The minimum atomic E-state index is -4.85. The van der Waals surface area contributed by atoms with Crippen LogP contribution in [-0.2, 0) is 11.0 Å². The molecular formula is C23H19F3N2O4S. The quantitative estimate of drug-likeness (QED) is 0.509. The number of anilines is 2. The van der Waals surface area contributed by atoms with Crippen LogP contribution in [0.2, 0.25) is 0 Å². The highest BCUT2D eigenvalue weighted by Gasteiger charge is 2.32. The number of amides is 1. The van der Waals surface area contributed by atoms with E-state index in [1.54, 1.807) is 35.8 Å². The van der Waals surface area contributed by atoms with Crippen molar-refractivity contribution in [2.24, 2.45) is 0 Å². The molecule has 3 aromatic rings. The van der Waals surface area contributed by atoms with E-state index in [9.17, 15) is 22.2 Å². The van der Waals surface area contributed by atoms with Crippen LogP contribution in [0.4, 0.5) is 24.5 Å². The molecule has 1 aliphatic heterocycles. The maximum absolute atomic E-state index is 13.2. The van der Waals surface area contributed by atoms with Gasteiger partial charge < -0.3 is 14.4 Å². The SMILES string of the molecule is CN1C(=O)c2cc(-c3cccc(N(C)S(C)=O)c3)ccc2Oc2ccc(OC(F)(F)F)cc21. The molecule has 4 rings (SSSR count). The number of ether oxygens (including phenoxy) is 2. The first kappa shape index (κ1) is 22.7. The smallest absolute Gasteiger partial charge is 0.454 e. The number of carbonyl (C=O) groups is 1. The van der Waals surface area contributed by atoms with Crippen molar-refractivity contribution in [2.75, 3.05) is 29.6 Å². The van der Waals surface area contributed by atoms with Gasteiger partial charge in [0.25, 0.3) is 5.91 Å². The van der Waals surface area contributed by atoms with Crippen LogP contribution < -0.4 is 18.7 Å². The largest absolute Gasteiger partial charge is 0.573 e. The van der Waals surface area contributed by atoms with E-state index in [0.717, 1.165) is 28.9 Å². The highest BCUT2D eigenvalue weighted by Crippen LogP contribution is 2.42. The predicted octanol–water partition coefficient (Wildman–Crippen LogP) is 5.36. The van der Waals surface area contributed by atoms with E-state index in [-0.39, 0.29) is 22.7 Å². The topological polar surface area (TPSA) is 59.1 Å². The Morgan fingerprint density at radius 1 is 1.00 bits per heavy atom. The first-order chi connectivity index (χ1) is 15.5. The van der Waals surface area contributed by atoms with Crippen LogP contribution in [0, 0.1) is 0 Å². The standard InChI is InChI=1S/C23H19F3N2O4S/c1-27-19-13-17(32-23(24,25)26)8-10-21(19)31-20-9-7-15(12-18(20)22(27)29)14-5-4-6-16(11-14)28(2)33(3)30/h4-13H,1-3H3. The summed E-state index contributed by atoms with van der Waals surface area (Å²) >= 11 is 0. The predicted molar refractivity (Wildman–Crippen MR) is 120 cm³/mol. The fourth-order valence-electron chi connectivity index (χ4n) is 3.45. The molecule has 0 radical (unpaired) electrons. The molecule has 0 saturated carbocycles. The Labute approximate surface area is 190 Å². The van der Waals surface area contributed by atoms with Crippen molar-refractivity contribution in [2.45, 2.75) is 6.36 Å². The highest BCUT2D eigenvalue weighted by atomic mass is 32.2. The van der Waals surface area contributed by atoms with Gasteiger partial charge in [-0.15, -0.1) is 13.2 Å². The normalized spacial score (nSPS) is 14.0. The summed E-state index contributed by atoms with van der Waals surface area (Å²) in [6.45, 7) is 0. The second kappa shape index (κ2) is 8.43. The van der Waals surface area contributed by atoms with Crippen LogP contribution in [0.3, 0.4) is 0 Å². The molecule has 172 valence electrons. The van der Waals surface area contributed by atoms with Crippen molar-refractivity contribution < 1.29 is 31.6 Å². The van der Waals surface area contributed by atoms with Gasteiger partial charge in [-0.3, -0.25) is 9.10 Å². The van der Waals surface area contributed by atoms with E-state index in [0.29, 0.717) is 0 Å². The van der Waals surface area contributed by atoms with Crippen LogP contribution in [0.1, 0.15) is 10.4 Å². The molecule has 10 heteroatoms. The Balaban J connectivity index is 1.72. The monoisotopic (exact) mass is 476 g/mol. The van der Waals surface area contributed by atoms with Crippen LogP contribution in [0.25, 0.3) is 11.1 Å².